The van der Waals surface area contributed by atoms with Crippen LogP contribution < -0.4 is 11.3 Å². The molecule has 19 heavy (non-hydrogen) atoms. The van der Waals surface area contributed by atoms with Gasteiger partial charge in [0.05, 0.1) is 12.1 Å². The van der Waals surface area contributed by atoms with Crippen molar-refractivity contribution >= 4 is 16.6 Å². The standard InChI is InChI=1S/C15H18N2O2/c1-19-13-8-4-7-12(13)17-14(16)9-10-5-2-3-6-11(10)15(17)18/h2-3,5-6,9,12-13H,4,7-8,16H2,1H3. The molecule has 1 aliphatic carbocycles. The van der Waals surface area contributed by atoms with Gasteiger partial charge in [0.25, 0.3) is 5.56 Å². The molecule has 0 bridgehead atoms. The number of methoxy groups -OCH3 is 1. The minimum atomic E-state index is -0.00968. The molecule has 0 spiro atoms. The topological polar surface area (TPSA) is 57.2 Å². The van der Waals surface area contributed by atoms with Crippen molar-refractivity contribution in [3.05, 3.63) is 40.7 Å². The van der Waals surface area contributed by atoms with E-state index in [1.54, 1.807) is 11.7 Å². The number of nitrogen functional groups attached to an aromatic ring is 1. The maximum Gasteiger partial charge on any atom is 0.260 e. The number of nitrogens with zero attached hydrogens (tertiary/aromatic N) is 1. The molecule has 0 amide bonds. The summed E-state index contributed by atoms with van der Waals surface area (Å²) in [5.41, 5.74) is 6.08. The van der Waals surface area contributed by atoms with Crippen molar-refractivity contribution in [2.24, 2.45) is 0 Å². The fourth-order valence-electron chi connectivity index (χ4n) is 3.11. The van der Waals surface area contributed by atoms with Crippen LogP contribution in [-0.2, 0) is 4.74 Å². The normalized spacial score (nSPS) is 23.0. The molecular formula is C15H18N2O2. The maximum atomic E-state index is 12.6. The van der Waals surface area contributed by atoms with Crippen LogP contribution in [0.25, 0.3) is 10.8 Å². The zero-order chi connectivity index (χ0) is 13.4. The van der Waals surface area contributed by atoms with Crippen molar-refractivity contribution in [3.63, 3.8) is 0 Å². The second-order valence-electron chi connectivity index (χ2n) is 5.10. The average molecular weight is 258 g/mol. The molecule has 4 nitrogen and oxygen atoms in total. The van der Waals surface area contributed by atoms with Gasteiger partial charge < -0.3 is 10.5 Å². The lowest BCUT2D eigenvalue weighted by molar-refractivity contribution is 0.0747. The minimum absolute atomic E-state index is 0.00968. The predicted octanol–water partition coefficient (Wildman–Crippen LogP) is 2.32. The molecule has 0 aliphatic heterocycles. The van der Waals surface area contributed by atoms with Gasteiger partial charge in [-0.15, -0.1) is 0 Å². The number of aromatic nitrogens is 1. The smallest absolute Gasteiger partial charge is 0.260 e. The van der Waals surface area contributed by atoms with Gasteiger partial charge in [-0.1, -0.05) is 18.2 Å². The Bertz CT molecular complexity index is 663. The van der Waals surface area contributed by atoms with E-state index in [1.807, 2.05) is 30.3 Å². The Kier molecular flexibility index (Phi) is 3.03. The predicted molar refractivity (Wildman–Crippen MR) is 76.3 cm³/mol. The summed E-state index contributed by atoms with van der Waals surface area (Å²) in [5.74, 6) is 0.526. The number of anilines is 1. The molecule has 2 unspecified atom stereocenters. The molecule has 2 atom stereocenters. The van der Waals surface area contributed by atoms with E-state index in [0.717, 1.165) is 30.0 Å². The number of rotatable bonds is 2. The summed E-state index contributed by atoms with van der Waals surface area (Å²) in [7, 11) is 1.70. The zero-order valence-corrected chi connectivity index (χ0v) is 11.0. The van der Waals surface area contributed by atoms with Gasteiger partial charge in [0.2, 0.25) is 0 Å². The lowest BCUT2D eigenvalue weighted by Gasteiger charge is -2.23. The Morgan fingerprint density at radius 3 is 2.89 bits per heavy atom. The second-order valence-corrected chi connectivity index (χ2v) is 5.10. The monoisotopic (exact) mass is 258 g/mol. The fraction of sp³-hybridized carbons (Fsp3) is 0.400. The summed E-state index contributed by atoms with van der Waals surface area (Å²) in [5, 5.41) is 1.62. The van der Waals surface area contributed by atoms with Crippen molar-refractivity contribution in [1.29, 1.82) is 0 Å². The number of benzene rings is 1. The maximum absolute atomic E-state index is 12.6. The molecule has 1 saturated carbocycles. The van der Waals surface area contributed by atoms with E-state index in [1.165, 1.54) is 0 Å². The molecule has 1 aliphatic rings. The Balaban J connectivity index is 2.21. The first-order valence-electron chi connectivity index (χ1n) is 6.65. The SMILES string of the molecule is COC1CCCC1n1c(N)cc2ccccc2c1=O. The Morgan fingerprint density at radius 1 is 1.32 bits per heavy atom. The highest BCUT2D eigenvalue weighted by Crippen LogP contribution is 2.33. The molecule has 0 radical (unpaired) electrons. The highest BCUT2D eigenvalue weighted by Gasteiger charge is 2.30. The van der Waals surface area contributed by atoms with Gasteiger partial charge in [-0.2, -0.15) is 0 Å². The van der Waals surface area contributed by atoms with Gasteiger partial charge in [-0.3, -0.25) is 9.36 Å². The highest BCUT2D eigenvalue weighted by molar-refractivity contribution is 5.83. The summed E-state index contributed by atoms with van der Waals surface area (Å²) < 4.78 is 7.20. The number of ether oxygens (including phenoxy) is 1. The Labute approximate surface area is 111 Å². The third-order valence-corrected chi connectivity index (χ3v) is 4.04. The molecular weight excluding hydrogens is 240 g/mol. The molecule has 0 saturated heterocycles. The van der Waals surface area contributed by atoms with E-state index in [0.29, 0.717) is 5.82 Å². The van der Waals surface area contributed by atoms with Crippen LogP contribution in [0.3, 0.4) is 0 Å². The van der Waals surface area contributed by atoms with Gasteiger partial charge in [-0.05, 0) is 36.8 Å². The Morgan fingerprint density at radius 2 is 2.11 bits per heavy atom. The van der Waals surface area contributed by atoms with Gasteiger partial charge in [0.15, 0.2) is 0 Å². The quantitative estimate of drug-likeness (QED) is 0.899. The first-order chi connectivity index (χ1) is 9.22. The van der Waals surface area contributed by atoms with Crippen molar-refractivity contribution < 1.29 is 4.74 Å². The summed E-state index contributed by atoms with van der Waals surface area (Å²) in [4.78, 5) is 12.6. The van der Waals surface area contributed by atoms with Crippen LogP contribution in [0.2, 0.25) is 0 Å². The van der Waals surface area contributed by atoms with E-state index >= 15 is 0 Å². The third-order valence-electron chi connectivity index (χ3n) is 4.04. The molecule has 4 heteroatoms. The minimum Gasteiger partial charge on any atom is -0.385 e. The van der Waals surface area contributed by atoms with Crippen LogP contribution in [0.5, 0.6) is 0 Å². The summed E-state index contributed by atoms with van der Waals surface area (Å²) in [6.45, 7) is 0. The van der Waals surface area contributed by atoms with E-state index < -0.39 is 0 Å². The molecule has 2 N–H and O–H groups in total. The van der Waals surface area contributed by atoms with Crippen molar-refractivity contribution in [2.75, 3.05) is 12.8 Å². The molecule has 1 heterocycles. The van der Waals surface area contributed by atoms with E-state index in [2.05, 4.69) is 0 Å². The number of nitrogens with two attached hydrogens (primary N) is 1. The first kappa shape index (κ1) is 12.2. The highest BCUT2D eigenvalue weighted by atomic mass is 16.5. The third kappa shape index (κ3) is 1.92. The second kappa shape index (κ2) is 4.70. The molecule has 100 valence electrons. The van der Waals surface area contributed by atoms with Gasteiger partial charge in [-0.25, -0.2) is 0 Å². The lowest BCUT2D eigenvalue weighted by atomic mass is 10.1. The summed E-state index contributed by atoms with van der Waals surface area (Å²) in [6, 6.07) is 9.50. The van der Waals surface area contributed by atoms with Gasteiger partial charge in [0.1, 0.15) is 5.82 Å². The lowest BCUT2D eigenvalue weighted by Crippen LogP contribution is -2.32. The number of hydrogen-bond acceptors (Lipinski definition) is 3. The molecule has 1 aromatic heterocycles. The van der Waals surface area contributed by atoms with Crippen molar-refractivity contribution in [3.8, 4) is 0 Å². The molecule has 1 fully saturated rings. The number of fused-ring (bicyclic) bond motifs is 1. The van der Waals surface area contributed by atoms with Gasteiger partial charge in [0, 0.05) is 12.5 Å². The summed E-state index contributed by atoms with van der Waals surface area (Å²) >= 11 is 0. The molecule has 2 aromatic rings. The van der Waals surface area contributed by atoms with Crippen molar-refractivity contribution in [2.45, 2.75) is 31.4 Å². The van der Waals surface area contributed by atoms with Crippen LogP contribution in [0.15, 0.2) is 35.1 Å². The van der Waals surface area contributed by atoms with Crippen LogP contribution >= 0.6 is 0 Å². The largest absolute Gasteiger partial charge is 0.385 e. The van der Waals surface area contributed by atoms with E-state index in [9.17, 15) is 4.79 Å². The number of hydrogen-bond donors (Lipinski definition) is 1. The summed E-state index contributed by atoms with van der Waals surface area (Å²) in [6.07, 6.45) is 3.09. The van der Waals surface area contributed by atoms with Crippen LogP contribution in [0.4, 0.5) is 5.82 Å². The Hall–Kier alpha value is -1.81. The van der Waals surface area contributed by atoms with Crippen LogP contribution in [0, 0.1) is 0 Å². The molecule has 3 rings (SSSR count). The van der Waals surface area contributed by atoms with Crippen LogP contribution in [0.1, 0.15) is 25.3 Å². The van der Waals surface area contributed by atoms with E-state index in [-0.39, 0.29) is 17.7 Å². The van der Waals surface area contributed by atoms with Gasteiger partial charge >= 0.3 is 0 Å². The van der Waals surface area contributed by atoms with Crippen LogP contribution in [-0.4, -0.2) is 17.8 Å². The molecule has 1 aromatic carbocycles. The fourth-order valence-corrected chi connectivity index (χ4v) is 3.11. The number of pyridine rings is 1. The zero-order valence-electron chi connectivity index (χ0n) is 11.0. The van der Waals surface area contributed by atoms with Crippen molar-refractivity contribution in [1.82, 2.24) is 4.57 Å². The average Bonchev–Trinajstić information content (AvgIpc) is 2.87. The van der Waals surface area contributed by atoms with E-state index in [4.69, 9.17) is 10.5 Å². The first-order valence-corrected chi connectivity index (χ1v) is 6.65.